The first-order valence-electron chi connectivity index (χ1n) is 5.61. The maximum atomic E-state index is 11.8. The first kappa shape index (κ1) is 12.5. The second kappa shape index (κ2) is 5.47. The van der Waals surface area contributed by atoms with E-state index in [1.165, 1.54) is 0 Å². The van der Waals surface area contributed by atoms with Crippen molar-refractivity contribution < 1.29 is 9.53 Å². The third-order valence-electron chi connectivity index (χ3n) is 2.32. The van der Waals surface area contributed by atoms with E-state index in [-0.39, 0.29) is 18.1 Å². The predicted molar refractivity (Wildman–Crippen MR) is 59.8 cm³/mol. The molecule has 0 aromatic heterocycles. The number of hydrogen-bond acceptors (Lipinski definition) is 3. The number of carbonyl (C=O) groups excluding carboxylic acids is 1. The standard InChI is InChI=1S/C11H22N2O2/c1-11(2,3)15-9-10(14)13-7-4-5-12-6-8-13/h12H,4-9H2,1-3H3. The molecule has 0 atom stereocenters. The first-order chi connectivity index (χ1) is 6.99. The lowest BCUT2D eigenvalue weighted by atomic mass is 10.2. The number of amides is 1. The summed E-state index contributed by atoms with van der Waals surface area (Å²) in [6.07, 6.45) is 1.03. The Kier molecular flexibility index (Phi) is 4.54. The van der Waals surface area contributed by atoms with E-state index in [4.69, 9.17) is 4.74 Å². The summed E-state index contributed by atoms with van der Waals surface area (Å²) in [5.74, 6) is 0.105. The molecule has 1 aliphatic heterocycles. The summed E-state index contributed by atoms with van der Waals surface area (Å²) in [6, 6.07) is 0. The van der Waals surface area contributed by atoms with Crippen LogP contribution in [0.2, 0.25) is 0 Å². The van der Waals surface area contributed by atoms with Crippen LogP contribution in [-0.2, 0) is 9.53 Å². The van der Waals surface area contributed by atoms with E-state index in [0.717, 1.165) is 32.6 Å². The van der Waals surface area contributed by atoms with Crippen molar-refractivity contribution in [2.24, 2.45) is 0 Å². The van der Waals surface area contributed by atoms with Gasteiger partial charge in [-0.15, -0.1) is 0 Å². The monoisotopic (exact) mass is 214 g/mol. The lowest BCUT2D eigenvalue weighted by Gasteiger charge is -2.24. The van der Waals surface area contributed by atoms with Gasteiger partial charge in [-0.25, -0.2) is 0 Å². The molecule has 4 heteroatoms. The van der Waals surface area contributed by atoms with Gasteiger partial charge >= 0.3 is 0 Å². The van der Waals surface area contributed by atoms with Crippen LogP contribution in [0.25, 0.3) is 0 Å². The lowest BCUT2D eigenvalue weighted by molar-refractivity contribution is -0.140. The summed E-state index contributed by atoms with van der Waals surface area (Å²) in [7, 11) is 0. The molecule has 0 aromatic rings. The average Bonchev–Trinajstić information content (AvgIpc) is 2.41. The molecule has 1 rings (SSSR count). The van der Waals surface area contributed by atoms with E-state index in [9.17, 15) is 4.79 Å². The van der Waals surface area contributed by atoms with Crippen LogP contribution in [0.15, 0.2) is 0 Å². The molecule has 0 bridgehead atoms. The summed E-state index contributed by atoms with van der Waals surface area (Å²) in [5.41, 5.74) is -0.236. The molecule has 1 saturated heterocycles. The lowest BCUT2D eigenvalue weighted by Crippen LogP contribution is -2.38. The zero-order valence-electron chi connectivity index (χ0n) is 10.0. The molecule has 1 aliphatic rings. The van der Waals surface area contributed by atoms with E-state index in [0.29, 0.717) is 0 Å². The highest BCUT2D eigenvalue weighted by molar-refractivity contribution is 5.77. The number of rotatable bonds is 2. The fraction of sp³-hybridized carbons (Fsp3) is 0.909. The van der Waals surface area contributed by atoms with E-state index in [1.807, 2.05) is 25.7 Å². The summed E-state index contributed by atoms with van der Waals surface area (Å²) in [6.45, 7) is 9.62. The zero-order valence-corrected chi connectivity index (χ0v) is 10.0. The number of hydrogen-bond donors (Lipinski definition) is 1. The molecule has 4 nitrogen and oxygen atoms in total. The van der Waals surface area contributed by atoms with E-state index >= 15 is 0 Å². The Morgan fingerprint density at radius 3 is 2.73 bits per heavy atom. The summed E-state index contributed by atoms with van der Waals surface area (Å²) in [5, 5.41) is 3.27. The molecule has 0 unspecified atom stereocenters. The van der Waals surface area contributed by atoms with Gasteiger partial charge in [-0.2, -0.15) is 0 Å². The molecule has 0 spiro atoms. The van der Waals surface area contributed by atoms with Crippen LogP contribution in [0.1, 0.15) is 27.2 Å². The highest BCUT2D eigenvalue weighted by atomic mass is 16.5. The first-order valence-corrected chi connectivity index (χ1v) is 5.61. The van der Waals surface area contributed by atoms with E-state index < -0.39 is 0 Å². The van der Waals surface area contributed by atoms with Gasteiger partial charge in [0.05, 0.1) is 5.60 Å². The smallest absolute Gasteiger partial charge is 0.248 e. The van der Waals surface area contributed by atoms with Gasteiger partial charge in [-0.05, 0) is 33.7 Å². The predicted octanol–water partition coefficient (Wildman–Crippen LogP) is 0.623. The average molecular weight is 214 g/mol. The van der Waals surface area contributed by atoms with Gasteiger partial charge in [0.1, 0.15) is 6.61 Å². The third-order valence-corrected chi connectivity index (χ3v) is 2.32. The minimum Gasteiger partial charge on any atom is -0.366 e. The van der Waals surface area contributed by atoms with Crippen LogP contribution in [-0.4, -0.2) is 49.2 Å². The second-order valence-electron chi connectivity index (χ2n) is 4.89. The zero-order chi connectivity index (χ0) is 11.3. The number of nitrogens with one attached hydrogen (secondary N) is 1. The van der Waals surface area contributed by atoms with Gasteiger partial charge in [0.2, 0.25) is 5.91 Å². The fourth-order valence-corrected chi connectivity index (χ4v) is 1.46. The van der Waals surface area contributed by atoms with E-state index in [2.05, 4.69) is 5.32 Å². The number of ether oxygens (including phenoxy) is 1. The third kappa shape index (κ3) is 5.14. The van der Waals surface area contributed by atoms with Crippen LogP contribution in [0.3, 0.4) is 0 Å². The maximum Gasteiger partial charge on any atom is 0.248 e. The summed E-state index contributed by atoms with van der Waals surface area (Å²) >= 11 is 0. The molecular formula is C11H22N2O2. The van der Waals surface area contributed by atoms with Crippen molar-refractivity contribution in [3.8, 4) is 0 Å². The second-order valence-corrected chi connectivity index (χ2v) is 4.89. The van der Waals surface area contributed by atoms with Gasteiger partial charge in [0.25, 0.3) is 0 Å². The minimum atomic E-state index is -0.236. The van der Waals surface area contributed by atoms with Crippen molar-refractivity contribution in [2.75, 3.05) is 32.8 Å². The SMILES string of the molecule is CC(C)(C)OCC(=O)N1CCCNCC1. The molecule has 0 saturated carbocycles. The van der Waals surface area contributed by atoms with Gasteiger partial charge < -0.3 is 15.0 Å². The van der Waals surface area contributed by atoms with Gasteiger partial charge in [-0.3, -0.25) is 4.79 Å². The van der Waals surface area contributed by atoms with Gasteiger partial charge in [-0.1, -0.05) is 0 Å². The van der Waals surface area contributed by atoms with Gasteiger partial charge in [0.15, 0.2) is 0 Å². The molecule has 1 fully saturated rings. The quantitative estimate of drug-likeness (QED) is 0.733. The number of carbonyl (C=O) groups is 1. The van der Waals surface area contributed by atoms with Crippen molar-refractivity contribution in [2.45, 2.75) is 32.8 Å². The van der Waals surface area contributed by atoms with Crippen LogP contribution in [0, 0.1) is 0 Å². The Labute approximate surface area is 92.0 Å². The maximum absolute atomic E-state index is 11.8. The molecular weight excluding hydrogens is 192 g/mol. The largest absolute Gasteiger partial charge is 0.366 e. The Morgan fingerprint density at radius 2 is 2.07 bits per heavy atom. The van der Waals surface area contributed by atoms with Crippen molar-refractivity contribution in [3.05, 3.63) is 0 Å². The molecule has 1 heterocycles. The fourth-order valence-electron chi connectivity index (χ4n) is 1.46. The molecule has 0 aliphatic carbocycles. The molecule has 0 aromatic carbocycles. The normalized spacial score (nSPS) is 18.7. The van der Waals surface area contributed by atoms with Crippen molar-refractivity contribution in [1.29, 1.82) is 0 Å². The molecule has 1 amide bonds. The van der Waals surface area contributed by atoms with Crippen LogP contribution in [0.5, 0.6) is 0 Å². The van der Waals surface area contributed by atoms with Crippen molar-refractivity contribution in [1.82, 2.24) is 10.2 Å². The van der Waals surface area contributed by atoms with E-state index in [1.54, 1.807) is 0 Å². The molecule has 15 heavy (non-hydrogen) atoms. The van der Waals surface area contributed by atoms with Crippen LogP contribution in [0.4, 0.5) is 0 Å². The highest BCUT2D eigenvalue weighted by Gasteiger charge is 2.18. The summed E-state index contributed by atoms with van der Waals surface area (Å²) in [4.78, 5) is 13.7. The van der Waals surface area contributed by atoms with Crippen molar-refractivity contribution >= 4 is 5.91 Å². The molecule has 88 valence electrons. The minimum absolute atomic E-state index is 0.105. The Balaban J connectivity index is 2.32. The Bertz CT molecular complexity index is 203. The summed E-state index contributed by atoms with van der Waals surface area (Å²) < 4.78 is 5.47. The van der Waals surface area contributed by atoms with Crippen molar-refractivity contribution in [3.63, 3.8) is 0 Å². The Hall–Kier alpha value is -0.610. The van der Waals surface area contributed by atoms with Crippen LogP contribution < -0.4 is 5.32 Å². The molecule has 0 radical (unpaired) electrons. The topological polar surface area (TPSA) is 41.6 Å². The Morgan fingerprint density at radius 1 is 1.33 bits per heavy atom. The van der Waals surface area contributed by atoms with Crippen LogP contribution >= 0.6 is 0 Å². The highest BCUT2D eigenvalue weighted by Crippen LogP contribution is 2.07. The number of nitrogens with zero attached hydrogens (tertiary/aromatic N) is 1. The van der Waals surface area contributed by atoms with Gasteiger partial charge in [0, 0.05) is 19.6 Å². The molecule has 1 N–H and O–H groups in total.